The Labute approximate surface area is 98.7 Å². The van der Waals surface area contributed by atoms with Crippen molar-refractivity contribution in [1.29, 1.82) is 0 Å². The maximum atomic E-state index is 11.8. The summed E-state index contributed by atoms with van der Waals surface area (Å²) in [5.41, 5.74) is 2.61. The summed E-state index contributed by atoms with van der Waals surface area (Å²) in [6.07, 6.45) is 0. The van der Waals surface area contributed by atoms with E-state index < -0.39 is 0 Å². The van der Waals surface area contributed by atoms with Crippen LogP contribution in [-0.2, 0) is 6.54 Å². The minimum atomic E-state index is 0.0115. The summed E-state index contributed by atoms with van der Waals surface area (Å²) in [6.45, 7) is 4.18. The zero-order valence-corrected chi connectivity index (χ0v) is 10.0. The lowest BCUT2D eigenvalue weighted by molar-refractivity contribution is 0.657. The van der Waals surface area contributed by atoms with Gasteiger partial charge in [-0.3, -0.25) is 9.89 Å². The molecule has 0 aliphatic heterocycles. The molecule has 3 nitrogen and oxygen atoms in total. The second kappa shape index (κ2) is 4.18. The molecule has 0 amide bonds. The fourth-order valence-corrected chi connectivity index (χ4v) is 1.80. The molecule has 0 unspecified atom stereocenters. The molecule has 84 valence electrons. The van der Waals surface area contributed by atoms with Crippen molar-refractivity contribution in [2.45, 2.75) is 20.4 Å². The molecule has 1 heterocycles. The Morgan fingerprint density at radius 1 is 1.31 bits per heavy atom. The van der Waals surface area contributed by atoms with E-state index in [9.17, 15) is 4.79 Å². The van der Waals surface area contributed by atoms with E-state index in [0.717, 1.165) is 16.8 Å². The molecule has 1 N–H and O–H groups in total. The molecule has 0 bridgehead atoms. The van der Waals surface area contributed by atoms with Crippen LogP contribution in [0, 0.1) is 13.8 Å². The maximum Gasteiger partial charge on any atom is 0.269 e. The van der Waals surface area contributed by atoms with E-state index in [2.05, 4.69) is 5.10 Å². The largest absolute Gasteiger partial charge is 0.299 e. The highest BCUT2D eigenvalue weighted by Gasteiger charge is 2.07. The van der Waals surface area contributed by atoms with Crippen molar-refractivity contribution < 1.29 is 0 Å². The van der Waals surface area contributed by atoms with Crippen LogP contribution < -0.4 is 5.56 Å². The summed E-state index contributed by atoms with van der Waals surface area (Å²) in [4.78, 5) is 11.8. The fraction of sp³-hybridized carbons (Fsp3) is 0.250. The molecule has 16 heavy (non-hydrogen) atoms. The third-order valence-electron chi connectivity index (χ3n) is 2.72. The third-order valence-corrected chi connectivity index (χ3v) is 3.09. The average Bonchev–Trinajstić information content (AvgIpc) is 2.50. The van der Waals surface area contributed by atoms with Gasteiger partial charge in [-0.05, 0) is 25.5 Å². The van der Waals surface area contributed by atoms with Crippen molar-refractivity contribution in [2.24, 2.45) is 0 Å². The standard InChI is InChI=1S/C12H13ClN2O/c1-8-9(2)14-15(12(8)16)7-10-5-3-4-6-11(10)13/h3-6,14H,7H2,1-2H3. The first-order chi connectivity index (χ1) is 7.59. The first-order valence-electron chi connectivity index (χ1n) is 5.09. The van der Waals surface area contributed by atoms with Crippen LogP contribution in [0.1, 0.15) is 16.8 Å². The van der Waals surface area contributed by atoms with E-state index in [1.165, 1.54) is 0 Å². The van der Waals surface area contributed by atoms with Crippen LogP contribution in [-0.4, -0.2) is 9.78 Å². The summed E-state index contributed by atoms with van der Waals surface area (Å²) in [6, 6.07) is 7.53. The van der Waals surface area contributed by atoms with E-state index >= 15 is 0 Å². The van der Waals surface area contributed by atoms with Crippen LogP contribution in [0.2, 0.25) is 5.02 Å². The SMILES string of the molecule is Cc1[nH]n(Cc2ccccc2Cl)c(=O)c1C. The topological polar surface area (TPSA) is 37.8 Å². The summed E-state index contributed by atoms with van der Waals surface area (Å²) in [5.74, 6) is 0. The molecule has 0 saturated carbocycles. The molecule has 0 aliphatic carbocycles. The molecular formula is C12H13ClN2O. The lowest BCUT2D eigenvalue weighted by Crippen LogP contribution is -2.18. The van der Waals surface area contributed by atoms with Crippen LogP contribution in [0.5, 0.6) is 0 Å². The molecule has 0 aliphatic rings. The maximum absolute atomic E-state index is 11.8. The van der Waals surface area contributed by atoms with Crippen molar-refractivity contribution in [3.05, 3.63) is 56.5 Å². The number of benzene rings is 1. The normalized spacial score (nSPS) is 10.7. The van der Waals surface area contributed by atoms with E-state index in [-0.39, 0.29) is 5.56 Å². The molecule has 0 fully saturated rings. The highest BCUT2D eigenvalue weighted by molar-refractivity contribution is 6.31. The van der Waals surface area contributed by atoms with Crippen molar-refractivity contribution in [1.82, 2.24) is 9.78 Å². The van der Waals surface area contributed by atoms with Gasteiger partial charge in [0.1, 0.15) is 0 Å². The number of aromatic amines is 1. The van der Waals surface area contributed by atoms with Gasteiger partial charge in [-0.15, -0.1) is 0 Å². The summed E-state index contributed by atoms with van der Waals surface area (Å²) in [7, 11) is 0. The number of nitrogens with one attached hydrogen (secondary N) is 1. The predicted molar refractivity (Wildman–Crippen MR) is 65.1 cm³/mol. The molecule has 2 rings (SSSR count). The Morgan fingerprint density at radius 2 is 2.00 bits per heavy atom. The van der Waals surface area contributed by atoms with Crippen LogP contribution in [0.25, 0.3) is 0 Å². The molecule has 0 spiro atoms. The van der Waals surface area contributed by atoms with E-state index in [1.807, 2.05) is 38.1 Å². The Kier molecular flexibility index (Phi) is 2.88. The number of nitrogens with zero attached hydrogens (tertiary/aromatic N) is 1. The Morgan fingerprint density at radius 3 is 2.56 bits per heavy atom. The monoisotopic (exact) mass is 236 g/mol. The number of halogens is 1. The van der Waals surface area contributed by atoms with Gasteiger partial charge in [-0.1, -0.05) is 29.8 Å². The minimum Gasteiger partial charge on any atom is -0.299 e. The van der Waals surface area contributed by atoms with Gasteiger partial charge < -0.3 is 0 Å². The van der Waals surface area contributed by atoms with Crippen molar-refractivity contribution in [2.75, 3.05) is 0 Å². The lowest BCUT2D eigenvalue weighted by atomic mass is 10.2. The number of aryl methyl sites for hydroxylation is 1. The van der Waals surface area contributed by atoms with Crippen LogP contribution >= 0.6 is 11.6 Å². The number of hydrogen-bond donors (Lipinski definition) is 1. The molecule has 0 radical (unpaired) electrons. The van der Waals surface area contributed by atoms with Crippen LogP contribution in [0.4, 0.5) is 0 Å². The molecule has 1 aromatic heterocycles. The lowest BCUT2D eigenvalue weighted by Gasteiger charge is -2.04. The van der Waals surface area contributed by atoms with E-state index in [1.54, 1.807) is 4.68 Å². The van der Waals surface area contributed by atoms with Gasteiger partial charge in [0.15, 0.2) is 0 Å². The zero-order valence-electron chi connectivity index (χ0n) is 9.25. The van der Waals surface area contributed by atoms with Gasteiger partial charge in [0.05, 0.1) is 6.54 Å². The van der Waals surface area contributed by atoms with Gasteiger partial charge in [0, 0.05) is 16.3 Å². The van der Waals surface area contributed by atoms with Gasteiger partial charge in [-0.25, -0.2) is 4.68 Å². The summed E-state index contributed by atoms with van der Waals surface area (Å²) in [5, 5.41) is 3.71. The summed E-state index contributed by atoms with van der Waals surface area (Å²) < 4.78 is 1.58. The number of H-pyrrole nitrogens is 1. The molecular weight excluding hydrogens is 224 g/mol. The average molecular weight is 237 g/mol. The Balaban J connectivity index is 2.38. The minimum absolute atomic E-state index is 0.0115. The van der Waals surface area contributed by atoms with Crippen molar-refractivity contribution >= 4 is 11.6 Å². The molecule has 2 aromatic rings. The van der Waals surface area contributed by atoms with Crippen molar-refractivity contribution in [3.63, 3.8) is 0 Å². The number of hydrogen-bond acceptors (Lipinski definition) is 1. The molecule has 4 heteroatoms. The van der Waals surface area contributed by atoms with Crippen molar-refractivity contribution in [3.8, 4) is 0 Å². The second-order valence-corrected chi connectivity index (χ2v) is 4.25. The number of aromatic nitrogens is 2. The van der Waals surface area contributed by atoms with E-state index in [0.29, 0.717) is 11.6 Å². The van der Waals surface area contributed by atoms with Gasteiger partial charge in [0.25, 0.3) is 5.56 Å². The number of rotatable bonds is 2. The molecule has 0 atom stereocenters. The smallest absolute Gasteiger partial charge is 0.269 e. The highest BCUT2D eigenvalue weighted by atomic mass is 35.5. The fourth-order valence-electron chi connectivity index (χ4n) is 1.61. The van der Waals surface area contributed by atoms with E-state index in [4.69, 9.17) is 11.6 Å². The van der Waals surface area contributed by atoms with Crippen LogP contribution in [0.15, 0.2) is 29.1 Å². The Bertz CT molecular complexity index is 569. The highest BCUT2D eigenvalue weighted by Crippen LogP contribution is 2.15. The molecule has 1 aromatic carbocycles. The Hall–Kier alpha value is -1.48. The van der Waals surface area contributed by atoms with Crippen LogP contribution in [0.3, 0.4) is 0 Å². The van der Waals surface area contributed by atoms with Gasteiger partial charge >= 0.3 is 0 Å². The zero-order chi connectivity index (χ0) is 11.7. The molecule has 0 saturated heterocycles. The third kappa shape index (κ3) is 1.91. The van der Waals surface area contributed by atoms with Gasteiger partial charge in [0.2, 0.25) is 0 Å². The first kappa shape index (κ1) is 11.0. The van der Waals surface area contributed by atoms with Gasteiger partial charge in [-0.2, -0.15) is 0 Å². The predicted octanol–water partition coefficient (Wildman–Crippen LogP) is 2.49. The summed E-state index contributed by atoms with van der Waals surface area (Å²) >= 11 is 6.04. The quantitative estimate of drug-likeness (QED) is 0.855. The second-order valence-electron chi connectivity index (χ2n) is 3.84. The first-order valence-corrected chi connectivity index (χ1v) is 5.47.